The molecule has 3 N–H and O–H groups in total. The molecule has 0 aliphatic carbocycles. The van der Waals surface area contributed by atoms with Crippen molar-refractivity contribution in [3.05, 3.63) is 46.6 Å². The number of hydrogen-bond acceptors (Lipinski definition) is 7. The van der Waals surface area contributed by atoms with Gasteiger partial charge in [0.25, 0.3) is 5.69 Å². The van der Waals surface area contributed by atoms with Crippen molar-refractivity contribution < 1.29 is 9.72 Å². The molecule has 3 rings (SSSR count). The second-order valence-corrected chi connectivity index (χ2v) is 7.20. The van der Waals surface area contributed by atoms with E-state index in [1.807, 2.05) is 0 Å². The van der Waals surface area contributed by atoms with Crippen LogP contribution in [0.2, 0.25) is 0 Å². The van der Waals surface area contributed by atoms with Gasteiger partial charge >= 0.3 is 6.03 Å². The summed E-state index contributed by atoms with van der Waals surface area (Å²) in [6, 6.07) is 6.79. The molecule has 0 spiro atoms. The number of piperidine rings is 1. The van der Waals surface area contributed by atoms with E-state index in [-0.39, 0.29) is 11.9 Å². The SMILES string of the molecule is CCCC(Nc1nccc(NC(=O)Nc2cccc([N+](=O)[O-])c2)n1)N1CCCCC1. The zero-order valence-corrected chi connectivity index (χ0v) is 17.0. The predicted octanol–water partition coefficient (Wildman–Crippen LogP) is 4.05. The van der Waals surface area contributed by atoms with E-state index in [1.165, 1.54) is 37.5 Å². The number of urea groups is 1. The summed E-state index contributed by atoms with van der Waals surface area (Å²) in [4.78, 5) is 33.7. The van der Waals surface area contributed by atoms with Crippen molar-refractivity contribution in [1.29, 1.82) is 0 Å². The highest BCUT2D eigenvalue weighted by atomic mass is 16.6. The van der Waals surface area contributed by atoms with Crippen LogP contribution in [0.1, 0.15) is 39.0 Å². The van der Waals surface area contributed by atoms with Crippen LogP contribution in [0.4, 0.5) is 27.9 Å². The van der Waals surface area contributed by atoms with Gasteiger partial charge in [-0.15, -0.1) is 0 Å². The molecule has 10 nitrogen and oxygen atoms in total. The molecule has 10 heteroatoms. The summed E-state index contributed by atoms with van der Waals surface area (Å²) >= 11 is 0. The largest absolute Gasteiger partial charge is 0.339 e. The van der Waals surface area contributed by atoms with Crippen LogP contribution in [-0.4, -0.2) is 45.1 Å². The van der Waals surface area contributed by atoms with Crippen molar-refractivity contribution in [2.45, 2.75) is 45.2 Å². The summed E-state index contributed by atoms with van der Waals surface area (Å²) in [6.45, 7) is 4.26. The zero-order valence-electron chi connectivity index (χ0n) is 17.0. The number of hydrogen-bond donors (Lipinski definition) is 3. The molecule has 1 fully saturated rings. The number of nitro groups is 1. The standard InChI is InChI=1S/C20H27N7O3/c1-2-7-18(26-12-4-3-5-13-26)25-19-21-11-10-17(23-19)24-20(28)22-15-8-6-9-16(14-15)27(29)30/h6,8-11,14,18H,2-5,7,12-13H2,1H3,(H3,21,22,23,24,25,28). The molecular weight excluding hydrogens is 386 g/mol. The fraction of sp³-hybridized carbons (Fsp3) is 0.450. The van der Waals surface area contributed by atoms with Gasteiger partial charge in [0.1, 0.15) is 5.82 Å². The molecule has 1 saturated heterocycles. The maximum atomic E-state index is 12.3. The number of benzene rings is 1. The van der Waals surface area contributed by atoms with Gasteiger partial charge in [-0.2, -0.15) is 4.98 Å². The summed E-state index contributed by atoms with van der Waals surface area (Å²) in [6.07, 6.45) is 7.42. The third-order valence-electron chi connectivity index (χ3n) is 4.90. The monoisotopic (exact) mass is 413 g/mol. The molecule has 2 heterocycles. The van der Waals surface area contributed by atoms with Gasteiger partial charge in [0.2, 0.25) is 5.95 Å². The fourth-order valence-corrected chi connectivity index (χ4v) is 3.47. The molecule has 1 aromatic carbocycles. The number of non-ortho nitro benzene ring substituents is 1. The van der Waals surface area contributed by atoms with Crippen LogP contribution >= 0.6 is 0 Å². The van der Waals surface area contributed by atoms with E-state index in [0.717, 1.165) is 25.9 Å². The number of rotatable bonds is 8. The summed E-state index contributed by atoms with van der Waals surface area (Å²) in [5.74, 6) is 0.788. The molecule has 0 saturated carbocycles. The van der Waals surface area contributed by atoms with E-state index >= 15 is 0 Å². The van der Waals surface area contributed by atoms with Crippen LogP contribution in [0.15, 0.2) is 36.5 Å². The number of nitrogens with one attached hydrogen (secondary N) is 3. The van der Waals surface area contributed by atoms with Gasteiger partial charge in [-0.3, -0.25) is 20.3 Å². The molecular formula is C20H27N7O3. The lowest BCUT2D eigenvalue weighted by molar-refractivity contribution is -0.384. The highest BCUT2D eigenvalue weighted by Crippen LogP contribution is 2.19. The Morgan fingerprint density at radius 2 is 2.03 bits per heavy atom. The maximum absolute atomic E-state index is 12.3. The van der Waals surface area contributed by atoms with E-state index in [9.17, 15) is 14.9 Å². The lowest BCUT2D eigenvalue weighted by Gasteiger charge is -2.34. The smallest absolute Gasteiger partial charge is 0.324 e. The van der Waals surface area contributed by atoms with Crippen molar-refractivity contribution in [3.8, 4) is 0 Å². The first-order valence-corrected chi connectivity index (χ1v) is 10.2. The number of amides is 2. The van der Waals surface area contributed by atoms with Crippen molar-refractivity contribution in [2.24, 2.45) is 0 Å². The van der Waals surface area contributed by atoms with E-state index in [2.05, 4.69) is 37.7 Å². The molecule has 0 bridgehead atoms. The summed E-state index contributed by atoms with van der Waals surface area (Å²) in [7, 11) is 0. The zero-order chi connectivity index (χ0) is 21.3. The maximum Gasteiger partial charge on any atom is 0.324 e. The molecule has 1 atom stereocenters. The number of likely N-dealkylation sites (tertiary alicyclic amines) is 1. The minimum Gasteiger partial charge on any atom is -0.339 e. The summed E-state index contributed by atoms with van der Waals surface area (Å²) in [5.41, 5.74) is 0.225. The van der Waals surface area contributed by atoms with Crippen LogP contribution in [0, 0.1) is 10.1 Å². The van der Waals surface area contributed by atoms with Crippen LogP contribution < -0.4 is 16.0 Å². The Hall–Kier alpha value is -3.27. The van der Waals surface area contributed by atoms with E-state index < -0.39 is 11.0 Å². The quantitative estimate of drug-likeness (QED) is 0.440. The van der Waals surface area contributed by atoms with E-state index in [4.69, 9.17) is 0 Å². The van der Waals surface area contributed by atoms with Crippen molar-refractivity contribution in [2.75, 3.05) is 29.0 Å². The highest BCUT2D eigenvalue weighted by Gasteiger charge is 2.20. The van der Waals surface area contributed by atoms with Crippen LogP contribution in [0.5, 0.6) is 0 Å². The first-order chi connectivity index (χ1) is 14.5. The van der Waals surface area contributed by atoms with E-state index in [1.54, 1.807) is 18.3 Å². The van der Waals surface area contributed by atoms with E-state index in [0.29, 0.717) is 17.5 Å². The number of carbonyl (C=O) groups excluding carboxylic acids is 1. The third-order valence-corrected chi connectivity index (χ3v) is 4.90. The van der Waals surface area contributed by atoms with Crippen molar-refractivity contribution in [1.82, 2.24) is 14.9 Å². The average molecular weight is 413 g/mol. The highest BCUT2D eigenvalue weighted by molar-refractivity contribution is 5.99. The molecule has 1 unspecified atom stereocenters. The second kappa shape index (κ2) is 10.5. The van der Waals surface area contributed by atoms with Gasteiger partial charge in [-0.1, -0.05) is 25.8 Å². The molecule has 160 valence electrons. The third kappa shape index (κ3) is 6.11. The Labute approximate surface area is 175 Å². The molecule has 2 aromatic rings. The Morgan fingerprint density at radius 1 is 1.23 bits per heavy atom. The topological polar surface area (TPSA) is 125 Å². The Balaban J connectivity index is 1.62. The summed E-state index contributed by atoms with van der Waals surface area (Å²) in [5, 5.41) is 19.5. The lowest BCUT2D eigenvalue weighted by atomic mass is 10.1. The molecule has 30 heavy (non-hydrogen) atoms. The molecule has 0 radical (unpaired) electrons. The number of nitrogens with zero attached hydrogens (tertiary/aromatic N) is 4. The van der Waals surface area contributed by atoms with Gasteiger partial charge in [-0.25, -0.2) is 9.78 Å². The molecule has 1 aliphatic heterocycles. The Morgan fingerprint density at radius 3 is 2.77 bits per heavy atom. The lowest BCUT2D eigenvalue weighted by Crippen LogP contribution is -2.44. The molecule has 2 amide bonds. The second-order valence-electron chi connectivity index (χ2n) is 7.20. The Bertz CT molecular complexity index is 871. The van der Waals surface area contributed by atoms with Crippen LogP contribution in [0.3, 0.4) is 0 Å². The predicted molar refractivity (Wildman–Crippen MR) is 116 cm³/mol. The van der Waals surface area contributed by atoms with Crippen molar-refractivity contribution >= 4 is 29.2 Å². The summed E-state index contributed by atoms with van der Waals surface area (Å²) < 4.78 is 0. The minimum absolute atomic E-state index is 0.0963. The Kier molecular flexibility index (Phi) is 7.50. The van der Waals surface area contributed by atoms with Gasteiger partial charge in [0.05, 0.1) is 11.1 Å². The normalized spacial score (nSPS) is 15.2. The number of nitro benzene ring substituents is 1. The minimum atomic E-state index is -0.540. The van der Waals surface area contributed by atoms with Gasteiger partial charge in [-0.05, 0) is 31.4 Å². The van der Waals surface area contributed by atoms with Crippen LogP contribution in [0.25, 0.3) is 0 Å². The number of aromatic nitrogens is 2. The number of anilines is 3. The molecule has 1 aromatic heterocycles. The van der Waals surface area contributed by atoms with Crippen molar-refractivity contribution in [3.63, 3.8) is 0 Å². The first-order valence-electron chi connectivity index (χ1n) is 10.2. The number of carbonyl (C=O) groups is 1. The van der Waals surface area contributed by atoms with Gasteiger partial charge in [0.15, 0.2) is 0 Å². The molecule has 1 aliphatic rings. The van der Waals surface area contributed by atoms with Crippen LogP contribution in [-0.2, 0) is 0 Å². The first kappa shape index (κ1) is 21.4. The van der Waals surface area contributed by atoms with Gasteiger partial charge < -0.3 is 10.6 Å². The van der Waals surface area contributed by atoms with Gasteiger partial charge in [0, 0.05) is 37.1 Å². The average Bonchev–Trinajstić information content (AvgIpc) is 2.74. The fourth-order valence-electron chi connectivity index (χ4n) is 3.47.